The van der Waals surface area contributed by atoms with Gasteiger partial charge in [0.1, 0.15) is 29.5 Å². The van der Waals surface area contributed by atoms with Crippen LogP contribution in [0, 0.1) is 0 Å². The van der Waals surface area contributed by atoms with Gasteiger partial charge in [-0.2, -0.15) is 5.10 Å². The molecule has 1 unspecified atom stereocenters. The maximum Gasteiger partial charge on any atom is 0.275 e. The number of anilines is 4. The van der Waals surface area contributed by atoms with Crippen molar-refractivity contribution in [2.45, 2.75) is 38.3 Å². The molecule has 0 spiro atoms. The number of amides is 7. The minimum absolute atomic E-state index is 0.0216. The van der Waals surface area contributed by atoms with Gasteiger partial charge in [-0.25, -0.2) is 9.97 Å². The molecule has 3 aliphatic rings. The Morgan fingerprint density at radius 3 is 2.48 bits per heavy atom. The minimum atomic E-state index is -1.07. The van der Waals surface area contributed by atoms with E-state index in [2.05, 4.69) is 56.6 Å². The van der Waals surface area contributed by atoms with Crippen LogP contribution in [0.2, 0.25) is 0 Å². The molecule has 60 heavy (non-hydrogen) atoms. The third-order valence-corrected chi connectivity index (χ3v) is 10.6. The number of H-pyrrole nitrogens is 2. The molecular formula is C40H41N13O7. The number of hydrogen-bond donors (Lipinski definition) is 7. The molecule has 5 aromatic rings. The highest BCUT2D eigenvalue weighted by Gasteiger charge is 2.45. The first-order valence-corrected chi connectivity index (χ1v) is 19.5. The lowest BCUT2D eigenvalue weighted by molar-refractivity contribution is -0.136. The number of piperazine rings is 1. The first-order chi connectivity index (χ1) is 29.1. The maximum absolute atomic E-state index is 13.3. The number of nitrogens with one attached hydrogen (secondary N) is 7. The Balaban J connectivity index is 0.732. The number of carbonyl (C=O) groups excluding carboxylic acids is 7. The van der Waals surface area contributed by atoms with Crippen molar-refractivity contribution in [3.8, 4) is 0 Å². The summed E-state index contributed by atoms with van der Waals surface area (Å²) in [6.45, 7) is 3.52. The van der Waals surface area contributed by atoms with Crippen LogP contribution in [0.25, 0.3) is 11.0 Å². The fourth-order valence-corrected chi connectivity index (χ4v) is 7.48. The summed E-state index contributed by atoms with van der Waals surface area (Å²) in [5, 5.41) is 21.6. The van der Waals surface area contributed by atoms with Gasteiger partial charge in [-0.1, -0.05) is 18.2 Å². The number of imide groups is 2. The van der Waals surface area contributed by atoms with Crippen LogP contribution in [0.15, 0.2) is 67.3 Å². The first-order valence-electron chi connectivity index (χ1n) is 19.5. The summed E-state index contributed by atoms with van der Waals surface area (Å²) >= 11 is 0. The number of fused-ring (bicyclic) bond motifs is 2. The van der Waals surface area contributed by atoms with E-state index in [0.717, 1.165) is 15.8 Å². The lowest BCUT2D eigenvalue weighted by Gasteiger charge is -2.34. The fraction of sp³-hybridized carbons (Fsp3) is 0.300. The molecule has 2 saturated heterocycles. The smallest absolute Gasteiger partial charge is 0.275 e. The third-order valence-electron chi connectivity index (χ3n) is 10.6. The van der Waals surface area contributed by atoms with Gasteiger partial charge < -0.3 is 31.2 Å². The lowest BCUT2D eigenvalue weighted by Crippen LogP contribution is -2.54. The number of rotatable bonds is 14. The van der Waals surface area contributed by atoms with Crippen molar-refractivity contribution < 1.29 is 33.6 Å². The molecule has 0 radical (unpaired) electrons. The van der Waals surface area contributed by atoms with Crippen LogP contribution in [-0.2, 0) is 25.7 Å². The van der Waals surface area contributed by atoms with Gasteiger partial charge >= 0.3 is 0 Å². The van der Waals surface area contributed by atoms with Gasteiger partial charge in [-0.3, -0.25) is 53.8 Å². The Morgan fingerprint density at radius 1 is 0.867 bits per heavy atom. The van der Waals surface area contributed by atoms with Crippen LogP contribution < -0.4 is 26.6 Å². The summed E-state index contributed by atoms with van der Waals surface area (Å²) in [5.74, 6) is -2.58. The number of carbonyl (C=O) groups is 7. The molecule has 20 nitrogen and oxygen atoms in total. The van der Waals surface area contributed by atoms with Gasteiger partial charge in [0, 0.05) is 82.6 Å². The molecule has 7 N–H and O–H groups in total. The van der Waals surface area contributed by atoms with Crippen LogP contribution in [0.5, 0.6) is 0 Å². The van der Waals surface area contributed by atoms with Crippen LogP contribution in [-0.4, -0.2) is 127 Å². The quantitative estimate of drug-likeness (QED) is 0.0623. The number of aromatic amines is 2. The summed E-state index contributed by atoms with van der Waals surface area (Å²) in [7, 11) is 0. The van der Waals surface area contributed by atoms with E-state index in [0.29, 0.717) is 61.3 Å². The van der Waals surface area contributed by atoms with E-state index in [1.165, 1.54) is 18.6 Å². The molecule has 3 aliphatic heterocycles. The Labute approximate surface area is 341 Å². The average molecular weight is 816 g/mol. The number of aromatic nitrogens is 5. The predicted molar refractivity (Wildman–Crippen MR) is 216 cm³/mol. The molecule has 1 atom stereocenters. The lowest BCUT2D eigenvalue weighted by atomic mass is 10.0. The molecule has 7 amide bonds. The summed E-state index contributed by atoms with van der Waals surface area (Å²) < 4.78 is 0. The molecule has 3 aromatic heterocycles. The highest BCUT2D eigenvalue weighted by atomic mass is 16.2. The van der Waals surface area contributed by atoms with Crippen LogP contribution in [0.4, 0.5) is 22.9 Å². The second-order valence-corrected chi connectivity index (χ2v) is 14.5. The van der Waals surface area contributed by atoms with Crippen molar-refractivity contribution in [1.82, 2.24) is 50.5 Å². The molecule has 20 heteroatoms. The summed E-state index contributed by atoms with van der Waals surface area (Å²) in [6.07, 6.45) is 4.88. The SMILES string of the molecule is O=C(CCC(=O)N1CCN(Cc2ccc(NC(=O)c3[nH]ncc3Nc3ncnc4[nH]ccc34)cc2)CC1)NCCNc1cccc2c1C(=O)N(C1CCC(=O)NC1=O)C2=O. The largest absolute Gasteiger partial charge is 0.383 e. The Morgan fingerprint density at radius 2 is 1.68 bits per heavy atom. The third kappa shape index (κ3) is 8.39. The number of benzene rings is 2. The zero-order valence-corrected chi connectivity index (χ0v) is 32.2. The summed E-state index contributed by atoms with van der Waals surface area (Å²) in [4.78, 5) is 105. The topological polar surface area (TPSA) is 260 Å². The Kier molecular flexibility index (Phi) is 11.3. The van der Waals surface area contributed by atoms with E-state index >= 15 is 0 Å². The average Bonchev–Trinajstić information content (AvgIpc) is 3.99. The number of piperidine rings is 1. The van der Waals surface area contributed by atoms with Gasteiger partial charge in [0.25, 0.3) is 17.7 Å². The van der Waals surface area contributed by atoms with Crippen LogP contribution >= 0.6 is 0 Å². The fourth-order valence-electron chi connectivity index (χ4n) is 7.48. The van der Waals surface area contributed by atoms with Gasteiger partial charge in [-0.15, -0.1) is 0 Å². The van der Waals surface area contributed by atoms with Crippen LogP contribution in [0.1, 0.15) is 62.5 Å². The molecule has 2 aromatic carbocycles. The van der Waals surface area contributed by atoms with E-state index in [4.69, 9.17) is 0 Å². The molecule has 8 rings (SSSR count). The normalized spacial score (nSPS) is 16.8. The Bertz CT molecular complexity index is 2490. The van der Waals surface area contributed by atoms with Gasteiger partial charge in [-0.05, 0) is 42.3 Å². The van der Waals surface area contributed by atoms with Gasteiger partial charge in [0.15, 0.2) is 0 Å². The van der Waals surface area contributed by atoms with Crippen molar-refractivity contribution in [2.24, 2.45) is 0 Å². The summed E-state index contributed by atoms with van der Waals surface area (Å²) in [5.41, 5.74) is 3.72. The van der Waals surface area contributed by atoms with Crippen molar-refractivity contribution in [1.29, 1.82) is 0 Å². The number of nitrogens with zero attached hydrogens (tertiary/aromatic N) is 6. The highest BCUT2D eigenvalue weighted by Crippen LogP contribution is 2.32. The highest BCUT2D eigenvalue weighted by molar-refractivity contribution is 6.25. The maximum atomic E-state index is 13.3. The van der Waals surface area contributed by atoms with Crippen molar-refractivity contribution in [2.75, 3.05) is 55.2 Å². The van der Waals surface area contributed by atoms with E-state index in [9.17, 15) is 33.6 Å². The van der Waals surface area contributed by atoms with Crippen LogP contribution in [0.3, 0.4) is 0 Å². The Hall–Kier alpha value is -7.48. The predicted octanol–water partition coefficient (Wildman–Crippen LogP) is 1.73. The molecule has 0 saturated carbocycles. The van der Waals surface area contributed by atoms with E-state index in [1.807, 2.05) is 30.3 Å². The van der Waals surface area contributed by atoms with Crippen molar-refractivity contribution in [3.05, 3.63) is 89.6 Å². The zero-order chi connectivity index (χ0) is 41.8. The molecular weight excluding hydrogens is 775 g/mol. The van der Waals surface area contributed by atoms with E-state index in [1.54, 1.807) is 23.2 Å². The molecule has 0 bridgehead atoms. The molecule has 2 fully saturated rings. The summed E-state index contributed by atoms with van der Waals surface area (Å²) in [6, 6.07) is 13.1. The van der Waals surface area contributed by atoms with Gasteiger partial charge in [0.2, 0.25) is 23.6 Å². The zero-order valence-electron chi connectivity index (χ0n) is 32.2. The second-order valence-electron chi connectivity index (χ2n) is 14.5. The minimum Gasteiger partial charge on any atom is -0.383 e. The molecule has 6 heterocycles. The van der Waals surface area contributed by atoms with E-state index < -0.39 is 29.7 Å². The number of hydrogen-bond acceptors (Lipinski definition) is 13. The molecule has 0 aliphatic carbocycles. The standard InChI is InChI=1S/C40H41N13O7/c54-30(42-15-14-41-27-3-1-2-25-33(27)40(60)53(39(25)59)29-8-9-31(55)49-37(29)57)10-11-32(56)52-18-16-51(17-19-52)21-23-4-6-24(7-5-23)47-38(58)34-28(20-46-50-34)48-36-26-12-13-43-35(26)44-22-45-36/h1-7,12-13,20,22,29,41H,8-11,14-19,21H2,(H,42,54)(H,46,50)(H,47,58)(H,49,55,57)(H2,43,44,45,48). The first kappa shape index (κ1) is 39.4. The van der Waals surface area contributed by atoms with E-state index in [-0.39, 0.29) is 73.3 Å². The molecule has 308 valence electrons. The van der Waals surface area contributed by atoms with Gasteiger partial charge in [0.05, 0.1) is 28.4 Å². The van der Waals surface area contributed by atoms with Crippen molar-refractivity contribution >= 4 is 75.3 Å². The van der Waals surface area contributed by atoms with Crippen molar-refractivity contribution in [3.63, 3.8) is 0 Å². The monoisotopic (exact) mass is 815 g/mol. The second kappa shape index (κ2) is 17.2.